The molecule has 0 aliphatic heterocycles. The summed E-state index contributed by atoms with van der Waals surface area (Å²) in [6.07, 6.45) is -1.13. The first kappa shape index (κ1) is 16.5. The molecule has 0 aliphatic rings. The number of likely N-dealkylation sites (N-methyl/N-ethyl adjacent to an activating group) is 1. The summed E-state index contributed by atoms with van der Waals surface area (Å²) in [4.78, 5) is 13.7. The van der Waals surface area contributed by atoms with E-state index in [1.54, 1.807) is 4.90 Å². The number of carbonyl (C=O) groups is 1. The summed E-state index contributed by atoms with van der Waals surface area (Å²) in [5, 5.41) is 10.4. The first-order chi connectivity index (χ1) is 9.26. The summed E-state index contributed by atoms with van der Waals surface area (Å²) in [6, 6.07) is 8.99. The SMILES string of the molecule is CCN(C(=O)OC(C)(C)C)C(C)C(O)c1ccccc1. The molecule has 0 radical (unpaired) electrons. The number of aliphatic hydroxyl groups is 1. The third-order valence-corrected chi connectivity index (χ3v) is 3.06. The van der Waals surface area contributed by atoms with Crippen LogP contribution in [0.4, 0.5) is 4.79 Å². The highest BCUT2D eigenvalue weighted by molar-refractivity contribution is 5.68. The van der Waals surface area contributed by atoms with E-state index in [-0.39, 0.29) is 6.04 Å². The minimum atomic E-state index is -0.733. The van der Waals surface area contributed by atoms with E-state index >= 15 is 0 Å². The van der Waals surface area contributed by atoms with Crippen LogP contribution in [0.5, 0.6) is 0 Å². The topological polar surface area (TPSA) is 49.8 Å². The maximum absolute atomic E-state index is 12.2. The highest BCUT2D eigenvalue weighted by atomic mass is 16.6. The standard InChI is InChI=1S/C16H25NO3/c1-6-17(15(19)20-16(3,4)5)12(2)14(18)13-10-8-7-9-11-13/h7-12,14,18H,6H2,1-5H3. The molecular weight excluding hydrogens is 254 g/mol. The minimum Gasteiger partial charge on any atom is -0.444 e. The van der Waals surface area contributed by atoms with Crippen molar-refractivity contribution in [2.75, 3.05) is 6.54 Å². The molecule has 1 aromatic carbocycles. The lowest BCUT2D eigenvalue weighted by Gasteiger charge is -2.33. The molecule has 112 valence electrons. The Morgan fingerprint density at radius 1 is 1.30 bits per heavy atom. The van der Waals surface area contributed by atoms with Gasteiger partial charge in [0.05, 0.1) is 12.1 Å². The third-order valence-electron chi connectivity index (χ3n) is 3.06. The van der Waals surface area contributed by atoms with E-state index < -0.39 is 17.8 Å². The fourth-order valence-electron chi connectivity index (χ4n) is 2.00. The van der Waals surface area contributed by atoms with Gasteiger partial charge in [-0.15, -0.1) is 0 Å². The second-order valence-corrected chi connectivity index (χ2v) is 5.86. The van der Waals surface area contributed by atoms with Crippen LogP contribution in [-0.2, 0) is 4.74 Å². The van der Waals surface area contributed by atoms with Crippen molar-refractivity contribution in [3.63, 3.8) is 0 Å². The molecule has 0 aromatic heterocycles. The smallest absolute Gasteiger partial charge is 0.410 e. The zero-order chi connectivity index (χ0) is 15.3. The number of hydrogen-bond donors (Lipinski definition) is 1. The van der Waals surface area contributed by atoms with Crippen molar-refractivity contribution < 1.29 is 14.6 Å². The van der Waals surface area contributed by atoms with Gasteiger partial charge in [0.2, 0.25) is 0 Å². The summed E-state index contributed by atoms with van der Waals surface area (Å²) in [5.41, 5.74) is 0.254. The molecule has 0 bridgehead atoms. The number of amides is 1. The van der Waals surface area contributed by atoms with Crippen LogP contribution >= 0.6 is 0 Å². The summed E-state index contributed by atoms with van der Waals surface area (Å²) in [5.74, 6) is 0. The van der Waals surface area contributed by atoms with Crippen molar-refractivity contribution in [3.05, 3.63) is 35.9 Å². The van der Waals surface area contributed by atoms with E-state index in [4.69, 9.17) is 4.74 Å². The maximum Gasteiger partial charge on any atom is 0.410 e. The zero-order valence-corrected chi connectivity index (χ0v) is 13.0. The molecule has 0 fully saturated rings. The molecule has 1 rings (SSSR count). The van der Waals surface area contributed by atoms with Gasteiger partial charge in [0.1, 0.15) is 5.60 Å². The van der Waals surface area contributed by atoms with Crippen molar-refractivity contribution >= 4 is 6.09 Å². The monoisotopic (exact) mass is 279 g/mol. The average Bonchev–Trinajstić information content (AvgIpc) is 2.37. The van der Waals surface area contributed by atoms with Gasteiger partial charge in [0.15, 0.2) is 0 Å². The highest BCUT2D eigenvalue weighted by Crippen LogP contribution is 2.22. The Morgan fingerprint density at radius 2 is 1.85 bits per heavy atom. The Labute approximate surface area is 121 Å². The van der Waals surface area contributed by atoms with Gasteiger partial charge in [0.25, 0.3) is 0 Å². The predicted octanol–water partition coefficient (Wildman–Crippen LogP) is 3.37. The molecule has 4 nitrogen and oxygen atoms in total. The first-order valence-electron chi connectivity index (χ1n) is 6.99. The number of carbonyl (C=O) groups excluding carboxylic acids is 1. The van der Waals surface area contributed by atoms with Crippen molar-refractivity contribution in [2.45, 2.75) is 52.4 Å². The van der Waals surface area contributed by atoms with Crippen LogP contribution in [0.1, 0.15) is 46.3 Å². The van der Waals surface area contributed by atoms with Gasteiger partial charge < -0.3 is 14.7 Å². The number of rotatable bonds is 4. The maximum atomic E-state index is 12.2. The van der Waals surface area contributed by atoms with Crippen LogP contribution in [0, 0.1) is 0 Å². The molecule has 4 heteroatoms. The molecule has 1 aromatic rings. The van der Waals surface area contributed by atoms with E-state index in [2.05, 4.69) is 0 Å². The van der Waals surface area contributed by atoms with Gasteiger partial charge in [-0.25, -0.2) is 4.79 Å². The second-order valence-electron chi connectivity index (χ2n) is 5.86. The molecule has 1 amide bonds. The van der Waals surface area contributed by atoms with E-state index in [9.17, 15) is 9.90 Å². The molecule has 0 heterocycles. The number of benzene rings is 1. The Hall–Kier alpha value is -1.55. The van der Waals surface area contributed by atoms with E-state index in [0.717, 1.165) is 5.56 Å². The van der Waals surface area contributed by atoms with Crippen LogP contribution in [0.3, 0.4) is 0 Å². The Bertz CT molecular complexity index is 425. The largest absolute Gasteiger partial charge is 0.444 e. The normalized spacial score (nSPS) is 14.5. The van der Waals surface area contributed by atoms with Crippen LogP contribution in [0.15, 0.2) is 30.3 Å². The van der Waals surface area contributed by atoms with E-state index in [1.807, 2.05) is 65.0 Å². The quantitative estimate of drug-likeness (QED) is 0.919. The fraction of sp³-hybridized carbons (Fsp3) is 0.562. The third kappa shape index (κ3) is 4.53. The van der Waals surface area contributed by atoms with Crippen LogP contribution < -0.4 is 0 Å². The van der Waals surface area contributed by atoms with Crippen molar-refractivity contribution in [1.29, 1.82) is 0 Å². The number of nitrogens with zero attached hydrogens (tertiary/aromatic N) is 1. The second kappa shape index (κ2) is 6.75. The summed E-state index contributed by atoms with van der Waals surface area (Å²) in [7, 11) is 0. The molecular formula is C16H25NO3. The first-order valence-corrected chi connectivity index (χ1v) is 6.99. The molecule has 0 saturated carbocycles. The van der Waals surface area contributed by atoms with Crippen LogP contribution in [0.25, 0.3) is 0 Å². The van der Waals surface area contributed by atoms with Gasteiger partial charge in [-0.1, -0.05) is 30.3 Å². The molecule has 2 atom stereocenters. The van der Waals surface area contributed by atoms with Gasteiger partial charge in [-0.05, 0) is 40.2 Å². The lowest BCUT2D eigenvalue weighted by molar-refractivity contribution is -0.00110. The fourth-order valence-corrected chi connectivity index (χ4v) is 2.00. The number of ether oxygens (including phenoxy) is 1. The molecule has 0 saturated heterocycles. The Morgan fingerprint density at radius 3 is 2.30 bits per heavy atom. The van der Waals surface area contributed by atoms with Gasteiger partial charge >= 0.3 is 6.09 Å². The molecule has 1 N–H and O–H groups in total. The van der Waals surface area contributed by atoms with Crippen molar-refractivity contribution in [2.24, 2.45) is 0 Å². The van der Waals surface area contributed by atoms with Gasteiger partial charge in [0, 0.05) is 6.54 Å². The number of hydrogen-bond acceptors (Lipinski definition) is 3. The summed E-state index contributed by atoms with van der Waals surface area (Å²) < 4.78 is 5.37. The van der Waals surface area contributed by atoms with E-state index in [1.165, 1.54) is 0 Å². The summed E-state index contributed by atoms with van der Waals surface area (Å²) in [6.45, 7) is 9.67. The average molecular weight is 279 g/mol. The van der Waals surface area contributed by atoms with E-state index in [0.29, 0.717) is 6.54 Å². The molecule has 20 heavy (non-hydrogen) atoms. The minimum absolute atomic E-state index is 0.350. The predicted molar refractivity (Wildman–Crippen MR) is 79.5 cm³/mol. The van der Waals surface area contributed by atoms with Crippen molar-refractivity contribution in [3.8, 4) is 0 Å². The Kier molecular flexibility index (Phi) is 5.57. The van der Waals surface area contributed by atoms with Gasteiger partial charge in [-0.2, -0.15) is 0 Å². The Balaban J connectivity index is 2.81. The van der Waals surface area contributed by atoms with Crippen molar-refractivity contribution in [1.82, 2.24) is 4.90 Å². The lowest BCUT2D eigenvalue weighted by Crippen LogP contribution is -2.44. The zero-order valence-electron chi connectivity index (χ0n) is 13.0. The molecule has 0 spiro atoms. The van der Waals surface area contributed by atoms with Gasteiger partial charge in [-0.3, -0.25) is 0 Å². The number of aliphatic hydroxyl groups excluding tert-OH is 1. The molecule has 0 aliphatic carbocycles. The summed E-state index contributed by atoms with van der Waals surface area (Å²) >= 11 is 0. The van der Waals surface area contributed by atoms with Crippen LogP contribution in [0.2, 0.25) is 0 Å². The highest BCUT2D eigenvalue weighted by Gasteiger charge is 2.29. The van der Waals surface area contributed by atoms with Crippen LogP contribution in [-0.4, -0.2) is 34.3 Å². The lowest BCUT2D eigenvalue weighted by atomic mass is 10.0. The molecule has 2 unspecified atom stereocenters.